The van der Waals surface area contributed by atoms with Crippen LogP contribution in [0.15, 0.2) is 45.9 Å². The number of amides is 1. The summed E-state index contributed by atoms with van der Waals surface area (Å²) in [4.78, 5) is 11.7. The Bertz CT molecular complexity index is 671. The summed E-state index contributed by atoms with van der Waals surface area (Å²) >= 11 is 0. The number of para-hydroxylation sites is 1. The lowest BCUT2D eigenvalue weighted by Gasteiger charge is -2.55. The molecule has 0 unspecified atom stereocenters. The first-order valence-electron chi connectivity index (χ1n) is 5.71. The fourth-order valence-electron chi connectivity index (χ4n) is 1.47. The third-order valence-electron chi connectivity index (χ3n) is 2.44. The summed E-state index contributed by atoms with van der Waals surface area (Å²) in [5.41, 5.74) is 2.13. The van der Waals surface area contributed by atoms with Crippen LogP contribution in [0, 0.1) is 0 Å². The molecule has 0 aliphatic rings. The van der Waals surface area contributed by atoms with Gasteiger partial charge in [-0.2, -0.15) is 5.10 Å². The van der Waals surface area contributed by atoms with E-state index in [9.17, 15) is 25.2 Å². The van der Waals surface area contributed by atoms with Crippen LogP contribution < -0.4 is 20.7 Å². The SMILES string of the molecule is O=C(N/N=C/c1ccc(C([O-])([O-])[O-])o1)c1ccccc1O. The summed E-state index contributed by atoms with van der Waals surface area (Å²) in [6.45, 7) is 0. The molecule has 1 aromatic carbocycles. The minimum atomic E-state index is -3.83. The lowest BCUT2D eigenvalue weighted by atomic mass is 10.2. The van der Waals surface area contributed by atoms with Crippen LogP contribution in [0.2, 0.25) is 0 Å². The summed E-state index contributed by atoms with van der Waals surface area (Å²) in [7, 11) is 0. The molecule has 0 atom stereocenters. The molecule has 21 heavy (non-hydrogen) atoms. The van der Waals surface area contributed by atoms with Crippen molar-refractivity contribution in [1.82, 2.24) is 5.43 Å². The van der Waals surface area contributed by atoms with Crippen molar-refractivity contribution < 1.29 is 29.6 Å². The fraction of sp³-hybridized carbons (Fsp3) is 0.0769. The Kier molecular flexibility index (Phi) is 4.03. The van der Waals surface area contributed by atoms with Gasteiger partial charge >= 0.3 is 0 Å². The monoisotopic (exact) mass is 289 g/mol. The van der Waals surface area contributed by atoms with Crippen molar-refractivity contribution >= 4 is 12.1 Å². The van der Waals surface area contributed by atoms with Gasteiger partial charge in [0.25, 0.3) is 5.91 Å². The number of rotatable bonds is 4. The number of furan rings is 1. The zero-order chi connectivity index (χ0) is 15.5. The Labute approximate surface area is 118 Å². The van der Waals surface area contributed by atoms with Crippen molar-refractivity contribution in [2.24, 2.45) is 5.10 Å². The molecule has 2 rings (SSSR count). The van der Waals surface area contributed by atoms with E-state index in [-0.39, 0.29) is 17.1 Å². The maximum absolute atomic E-state index is 11.7. The Morgan fingerprint density at radius 3 is 2.57 bits per heavy atom. The summed E-state index contributed by atoms with van der Waals surface area (Å²) in [5.74, 6) is -5.57. The lowest BCUT2D eigenvalue weighted by Crippen LogP contribution is -2.63. The molecule has 0 spiro atoms. The summed E-state index contributed by atoms with van der Waals surface area (Å²) in [5, 5.41) is 44.7. The second-order valence-corrected chi connectivity index (χ2v) is 3.97. The van der Waals surface area contributed by atoms with Gasteiger partial charge in [0.15, 0.2) is 0 Å². The van der Waals surface area contributed by atoms with Crippen molar-refractivity contribution in [2.75, 3.05) is 0 Å². The van der Waals surface area contributed by atoms with Gasteiger partial charge in [-0.1, -0.05) is 12.1 Å². The predicted octanol–water partition coefficient (Wildman–Crippen LogP) is -2.06. The predicted molar refractivity (Wildman–Crippen MR) is 63.6 cm³/mol. The highest BCUT2D eigenvalue weighted by molar-refractivity contribution is 5.97. The number of phenols is 1. The molecule has 8 nitrogen and oxygen atoms in total. The first-order valence-corrected chi connectivity index (χ1v) is 5.71. The van der Waals surface area contributed by atoms with E-state index >= 15 is 0 Å². The number of nitrogens with zero attached hydrogens (tertiary/aromatic N) is 1. The van der Waals surface area contributed by atoms with Gasteiger partial charge in [-0.05, 0) is 24.3 Å². The smallest absolute Gasteiger partial charge is 0.275 e. The Morgan fingerprint density at radius 1 is 1.24 bits per heavy atom. The van der Waals surface area contributed by atoms with Gasteiger partial charge in [0.1, 0.15) is 11.5 Å². The molecule has 1 aromatic heterocycles. The number of benzene rings is 1. The number of hydrazone groups is 1. The Hall–Kier alpha value is -2.68. The van der Waals surface area contributed by atoms with Gasteiger partial charge in [-0.3, -0.25) is 10.8 Å². The lowest BCUT2D eigenvalue weighted by molar-refractivity contribution is -0.923. The molecule has 2 N–H and O–H groups in total. The van der Waals surface area contributed by atoms with Crippen LogP contribution in [0.1, 0.15) is 21.9 Å². The Morgan fingerprint density at radius 2 is 1.95 bits per heavy atom. The quantitative estimate of drug-likeness (QED) is 0.376. The molecule has 0 saturated heterocycles. The highest BCUT2D eigenvalue weighted by Crippen LogP contribution is 2.15. The maximum atomic E-state index is 11.7. The fourth-order valence-corrected chi connectivity index (χ4v) is 1.47. The number of nitrogens with one attached hydrogen (secondary N) is 1. The first-order chi connectivity index (χ1) is 9.88. The second-order valence-electron chi connectivity index (χ2n) is 3.97. The molecule has 0 saturated carbocycles. The van der Waals surface area contributed by atoms with Crippen LogP contribution in [-0.4, -0.2) is 17.2 Å². The number of phenolic OH excluding ortho intramolecular Hbond substituents is 1. The van der Waals surface area contributed by atoms with Crippen LogP contribution >= 0.6 is 0 Å². The minimum Gasteiger partial charge on any atom is -0.871 e. The van der Waals surface area contributed by atoms with Crippen LogP contribution in [0.4, 0.5) is 0 Å². The number of hydrogen-bond acceptors (Lipinski definition) is 7. The normalized spacial score (nSPS) is 11.8. The molecular formula is C13H9N2O6-3. The molecule has 0 fully saturated rings. The van der Waals surface area contributed by atoms with Crippen molar-refractivity contribution in [3.8, 4) is 5.75 Å². The van der Waals surface area contributed by atoms with Crippen LogP contribution in [0.3, 0.4) is 0 Å². The van der Waals surface area contributed by atoms with E-state index in [0.29, 0.717) is 0 Å². The van der Waals surface area contributed by atoms with Crippen LogP contribution in [0.25, 0.3) is 0 Å². The molecule has 110 valence electrons. The van der Waals surface area contributed by atoms with E-state index < -0.39 is 17.6 Å². The third-order valence-corrected chi connectivity index (χ3v) is 2.44. The summed E-state index contributed by atoms with van der Waals surface area (Å²) in [6, 6.07) is 7.99. The van der Waals surface area contributed by atoms with Gasteiger partial charge in [-0.15, -0.1) is 0 Å². The average molecular weight is 289 g/mol. The van der Waals surface area contributed by atoms with E-state index in [1.165, 1.54) is 18.2 Å². The van der Waals surface area contributed by atoms with E-state index in [1.807, 2.05) is 0 Å². The summed E-state index contributed by atoms with van der Waals surface area (Å²) < 4.78 is 4.67. The Balaban J connectivity index is 2.01. The van der Waals surface area contributed by atoms with Gasteiger partial charge in [-0.25, -0.2) is 5.43 Å². The third kappa shape index (κ3) is 3.66. The standard InChI is InChI=1S/C13H9N2O6/c16-10-4-2-1-3-9(10)12(17)15-14-7-8-5-6-11(21-8)13(18,19)20/h1-7,16H,(H,15,17)/q-3/b14-7+. The van der Waals surface area contributed by atoms with Crippen molar-refractivity contribution in [3.63, 3.8) is 0 Å². The van der Waals surface area contributed by atoms with Crippen molar-refractivity contribution in [3.05, 3.63) is 53.5 Å². The van der Waals surface area contributed by atoms with E-state index in [2.05, 4.69) is 14.9 Å². The zero-order valence-corrected chi connectivity index (χ0v) is 10.5. The number of hydrogen-bond donors (Lipinski definition) is 2. The second kappa shape index (κ2) is 5.75. The number of aromatic hydroxyl groups is 1. The molecular weight excluding hydrogens is 280 g/mol. The first kappa shape index (κ1) is 14.7. The van der Waals surface area contributed by atoms with Crippen molar-refractivity contribution in [2.45, 2.75) is 5.97 Å². The van der Waals surface area contributed by atoms with Crippen molar-refractivity contribution in [1.29, 1.82) is 0 Å². The van der Waals surface area contributed by atoms with E-state index in [0.717, 1.165) is 12.3 Å². The highest BCUT2D eigenvalue weighted by Gasteiger charge is 2.08. The largest absolute Gasteiger partial charge is 0.871 e. The number of carbonyl (C=O) groups is 1. The molecule has 0 bridgehead atoms. The van der Waals surface area contributed by atoms with Crippen LogP contribution in [0.5, 0.6) is 5.75 Å². The number of carbonyl (C=O) groups excluding carboxylic acids is 1. The maximum Gasteiger partial charge on any atom is 0.275 e. The molecule has 8 heteroatoms. The molecule has 1 amide bonds. The molecule has 0 radical (unpaired) electrons. The molecule has 0 aliphatic carbocycles. The average Bonchev–Trinajstić information content (AvgIpc) is 2.88. The van der Waals surface area contributed by atoms with Gasteiger partial charge in [0.2, 0.25) is 0 Å². The molecule has 2 aromatic rings. The van der Waals surface area contributed by atoms with Crippen LogP contribution in [-0.2, 0) is 5.97 Å². The van der Waals surface area contributed by atoms with Gasteiger partial charge in [0.05, 0.1) is 17.5 Å². The highest BCUT2D eigenvalue weighted by atomic mass is 16.7. The topological polar surface area (TPSA) is 144 Å². The van der Waals surface area contributed by atoms with Gasteiger partial charge < -0.3 is 24.8 Å². The molecule has 0 aliphatic heterocycles. The minimum absolute atomic E-state index is 0.0208. The zero-order valence-electron chi connectivity index (χ0n) is 10.5. The van der Waals surface area contributed by atoms with E-state index in [1.54, 1.807) is 12.1 Å². The van der Waals surface area contributed by atoms with E-state index in [4.69, 9.17) is 0 Å². The molecule has 1 heterocycles. The summed E-state index contributed by atoms with van der Waals surface area (Å²) in [6.07, 6.45) is 1.01. The van der Waals surface area contributed by atoms with Gasteiger partial charge in [0, 0.05) is 0 Å².